The molecule has 5 nitrogen and oxygen atoms in total. The van der Waals surface area contributed by atoms with Crippen LogP contribution in [0.2, 0.25) is 0 Å². The molecule has 15 heavy (non-hydrogen) atoms. The maximum absolute atomic E-state index is 11.7. The van der Waals surface area contributed by atoms with Gasteiger partial charge in [-0.05, 0) is 19.3 Å². The van der Waals surface area contributed by atoms with Gasteiger partial charge in [-0.1, -0.05) is 17.8 Å². The molecule has 0 aromatic heterocycles. The fourth-order valence-corrected chi connectivity index (χ4v) is 1.93. The lowest BCUT2D eigenvalue weighted by molar-refractivity contribution is -0.125. The van der Waals surface area contributed by atoms with Crippen LogP contribution in [0, 0.1) is 0 Å². The van der Waals surface area contributed by atoms with Gasteiger partial charge in [0.25, 0.3) is 0 Å². The second-order valence-electron chi connectivity index (χ2n) is 3.30. The van der Waals surface area contributed by atoms with Gasteiger partial charge in [0.2, 0.25) is 5.91 Å². The first-order chi connectivity index (χ1) is 7.15. The molecule has 0 atom stereocenters. The number of thioether (sulfide) groups is 1. The van der Waals surface area contributed by atoms with E-state index in [0.29, 0.717) is 0 Å². The number of amidine groups is 1. The molecule has 1 aliphatic rings. The summed E-state index contributed by atoms with van der Waals surface area (Å²) in [6, 6.07) is 0. The van der Waals surface area contributed by atoms with Crippen molar-refractivity contribution >= 4 is 22.8 Å². The van der Waals surface area contributed by atoms with Crippen molar-refractivity contribution < 1.29 is 4.79 Å². The van der Waals surface area contributed by atoms with Gasteiger partial charge in [-0.3, -0.25) is 4.79 Å². The van der Waals surface area contributed by atoms with E-state index in [1.165, 1.54) is 0 Å². The molecule has 6 heteroatoms. The molecule has 0 aliphatic heterocycles. The number of nitrogens with two attached hydrogens (primary N) is 2. The van der Waals surface area contributed by atoms with Crippen molar-refractivity contribution in [1.82, 2.24) is 4.90 Å². The van der Waals surface area contributed by atoms with E-state index < -0.39 is 0 Å². The minimum Gasteiger partial charge on any atom is -0.377 e. The Morgan fingerprint density at radius 3 is 3.00 bits per heavy atom. The van der Waals surface area contributed by atoms with Crippen LogP contribution in [0.25, 0.3) is 0 Å². The summed E-state index contributed by atoms with van der Waals surface area (Å²) in [5, 5.41) is 3.52. The van der Waals surface area contributed by atoms with Crippen molar-refractivity contribution in [1.29, 1.82) is 0 Å². The first-order valence-electron chi connectivity index (χ1n) is 4.77. The summed E-state index contributed by atoms with van der Waals surface area (Å²) in [6.45, 7) is 0. The molecular weight excluding hydrogens is 212 g/mol. The van der Waals surface area contributed by atoms with Gasteiger partial charge < -0.3 is 16.5 Å². The van der Waals surface area contributed by atoms with Crippen LogP contribution in [0.15, 0.2) is 16.9 Å². The molecule has 0 saturated heterocycles. The van der Waals surface area contributed by atoms with Gasteiger partial charge in [0.1, 0.15) is 0 Å². The fourth-order valence-electron chi connectivity index (χ4n) is 1.39. The molecule has 4 N–H and O–H groups in total. The van der Waals surface area contributed by atoms with Gasteiger partial charge in [-0.15, -0.1) is 0 Å². The summed E-state index contributed by atoms with van der Waals surface area (Å²) in [6.07, 6.45) is 5.27. The van der Waals surface area contributed by atoms with Crippen molar-refractivity contribution in [3.8, 4) is 0 Å². The Labute approximate surface area is 93.6 Å². The van der Waals surface area contributed by atoms with E-state index in [4.69, 9.17) is 11.6 Å². The Bertz CT molecular complexity index is 300. The summed E-state index contributed by atoms with van der Waals surface area (Å²) in [5.74, 6) is 5.27. The zero-order valence-corrected chi connectivity index (χ0v) is 9.59. The number of rotatable bonds is 3. The number of hydrogen-bond donors (Lipinski definition) is 2. The lowest BCUT2D eigenvalue weighted by atomic mass is 10.3. The standard InChI is InChI=1S/C9H16N4OS/c1-13(7-4-2-3-5-7)8(14)6-15-9(10)12-11/h4H,2-3,5-6,11H2,1H3,(H2,10,12). The van der Waals surface area contributed by atoms with Gasteiger partial charge in [0.05, 0.1) is 5.75 Å². The van der Waals surface area contributed by atoms with E-state index in [1.807, 2.05) is 0 Å². The van der Waals surface area contributed by atoms with E-state index in [2.05, 4.69) is 11.2 Å². The zero-order chi connectivity index (χ0) is 11.3. The Balaban J connectivity index is 2.39. The smallest absolute Gasteiger partial charge is 0.236 e. The van der Waals surface area contributed by atoms with Gasteiger partial charge in [0, 0.05) is 12.7 Å². The predicted molar refractivity (Wildman–Crippen MR) is 63.0 cm³/mol. The SMILES string of the molecule is CN(C(=O)CSC(N)=NN)C1=CCCC1. The van der Waals surface area contributed by atoms with E-state index in [9.17, 15) is 4.79 Å². The monoisotopic (exact) mass is 228 g/mol. The number of carbonyl (C=O) groups excluding carboxylic acids is 1. The van der Waals surface area contributed by atoms with E-state index in [0.717, 1.165) is 36.7 Å². The van der Waals surface area contributed by atoms with Gasteiger partial charge in [0.15, 0.2) is 5.17 Å². The third-order valence-electron chi connectivity index (χ3n) is 2.29. The van der Waals surface area contributed by atoms with Crippen molar-refractivity contribution in [2.75, 3.05) is 12.8 Å². The maximum Gasteiger partial charge on any atom is 0.236 e. The van der Waals surface area contributed by atoms with Crippen LogP contribution in [0.4, 0.5) is 0 Å². The first-order valence-corrected chi connectivity index (χ1v) is 5.75. The van der Waals surface area contributed by atoms with Gasteiger partial charge in [-0.2, -0.15) is 5.10 Å². The van der Waals surface area contributed by atoms with Crippen LogP contribution >= 0.6 is 11.8 Å². The number of nitrogens with zero attached hydrogens (tertiary/aromatic N) is 2. The Hall–Kier alpha value is -1.17. The molecular formula is C9H16N4OS. The Morgan fingerprint density at radius 1 is 1.73 bits per heavy atom. The van der Waals surface area contributed by atoms with Crippen LogP contribution in [0.3, 0.4) is 0 Å². The van der Waals surface area contributed by atoms with Crippen molar-refractivity contribution in [3.05, 3.63) is 11.8 Å². The number of amides is 1. The zero-order valence-electron chi connectivity index (χ0n) is 8.77. The molecule has 0 aromatic carbocycles. The molecule has 0 spiro atoms. The highest BCUT2D eigenvalue weighted by molar-refractivity contribution is 8.14. The molecule has 0 heterocycles. The molecule has 1 amide bonds. The maximum atomic E-state index is 11.7. The average molecular weight is 228 g/mol. The Kier molecular flexibility index (Phi) is 4.48. The summed E-state index contributed by atoms with van der Waals surface area (Å²) in [5.41, 5.74) is 6.48. The summed E-state index contributed by atoms with van der Waals surface area (Å²) in [7, 11) is 1.79. The predicted octanol–water partition coefficient (Wildman–Crippen LogP) is 0.434. The summed E-state index contributed by atoms with van der Waals surface area (Å²) >= 11 is 1.16. The highest BCUT2D eigenvalue weighted by atomic mass is 32.2. The van der Waals surface area contributed by atoms with Crippen LogP contribution in [-0.2, 0) is 4.79 Å². The van der Waals surface area contributed by atoms with Crippen molar-refractivity contribution in [2.45, 2.75) is 19.3 Å². The van der Waals surface area contributed by atoms with Crippen molar-refractivity contribution in [2.24, 2.45) is 16.7 Å². The minimum absolute atomic E-state index is 0.0275. The molecule has 1 rings (SSSR count). The summed E-state index contributed by atoms with van der Waals surface area (Å²) < 4.78 is 0. The van der Waals surface area contributed by atoms with E-state index >= 15 is 0 Å². The Morgan fingerprint density at radius 2 is 2.47 bits per heavy atom. The normalized spacial score (nSPS) is 16.3. The summed E-state index contributed by atoms with van der Waals surface area (Å²) in [4.78, 5) is 13.3. The third-order valence-corrected chi connectivity index (χ3v) is 3.09. The second-order valence-corrected chi connectivity index (χ2v) is 4.29. The molecule has 0 radical (unpaired) electrons. The van der Waals surface area contributed by atoms with Crippen LogP contribution in [-0.4, -0.2) is 28.8 Å². The van der Waals surface area contributed by atoms with Crippen LogP contribution in [0.5, 0.6) is 0 Å². The minimum atomic E-state index is 0.0275. The number of allylic oxidation sites excluding steroid dienone is 2. The van der Waals surface area contributed by atoms with Gasteiger partial charge >= 0.3 is 0 Å². The molecule has 0 unspecified atom stereocenters. The largest absolute Gasteiger partial charge is 0.377 e. The molecule has 0 aromatic rings. The number of carbonyl (C=O) groups is 1. The third kappa shape index (κ3) is 3.47. The highest BCUT2D eigenvalue weighted by Gasteiger charge is 2.16. The first kappa shape index (κ1) is 11.9. The van der Waals surface area contributed by atoms with E-state index in [-0.39, 0.29) is 16.8 Å². The lowest BCUT2D eigenvalue weighted by Gasteiger charge is -2.17. The van der Waals surface area contributed by atoms with Crippen molar-refractivity contribution in [3.63, 3.8) is 0 Å². The average Bonchev–Trinajstić information content (AvgIpc) is 2.77. The molecule has 0 fully saturated rings. The molecule has 84 valence electrons. The quantitative estimate of drug-likeness (QED) is 0.317. The van der Waals surface area contributed by atoms with Gasteiger partial charge in [-0.25, -0.2) is 0 Å². The number of hydrazone groups is 1. The van der Waals surface area contributed by atoms with E-state index in [1.54, 1.807) is 11.9 Å². The van der Waals surface area contributed by atoms with Crippen LogP contribution < -0.4 is 11.6 Å². The molecule has 0 bridgehead atoms. The lowest BCUT2D eigenvalue weighted by Crippen LogP contribution is -2.28. The highest BCUT2D eigenvalue weighted by Crippen LogP contribution is 2.20. The fraction of sp³-hybridized carbons (Fsp3) is 0.556. The molecule has 0 saturated carbocycles. The van der Waals surface area contributed by atoms with Crippen LogP contribution in [0.1, 0.15) is 19.3 Å². The molecule has 1 aliphatic carbocycles. The second kappa shape index (κ2) is 5.65. The topological polar surface area (TPSA) is 84.7 Å². The number of hydrogen-bond acceptors (Lipinski definition) is 4.